The van der Waals surface area contributed by atoms with Gasteiger partial charge in [-0.15, -0.1) is 5.10 Å². The number of nitrogens with zero attached hydrogens (tertiary/aromatic N) is 5. The zero-order chi connectivity index (χ0) is 14.1. The average molecular weight is 266 g/mol. The molecule has 0 aliphatic carbocycles. The molecule has 1 N–H and O–H groups in total. The molecule has 1 aromatic heterocycles. The highest BCUT2D eigenvalue weighted by atomic mass is 15.3. The van der Waals surface area contributed by atoms with Crippen molar-refractivity contribution in [3.8, 4) is 0 Å². The molecule has 0 saturated heterocycles. The van der Waals surface area contributed by atoms with E-state index in [4.69, 9.17) is 0 Å². The molecule has 1 aromatic rings. The smallest absolute Gasteiger partial charge is 0.244 e. The molecule has 0 amide bonds. The quantitative estimate of drug-likeness (QED) is 0.683. The maximum Gasteiger partial charge on any atom is 0.244 e. The Hall–Kier alpha value is -1.43. The third-order valence-corrected chi connectivity index (χ3v) is 2.85. The van der Waals surface area contributed by atoms with Crippen LogP contribution in [0.25, 0.3) is 0 Å². The summed E-state index contributed by atoms with van der Waals surface area (Å²) in [5.74, 6) is 1.48. The van der Waals surface area contributed by atoms with Crippen molar-refractivity contribution in [2.75, 3.05) is 51.0 Å². The van der Waals surface area contributed by atoms with Crippen LogP contribution in [0.15, 0.2) is 6.20 Å². The van der Waals surface area contributed by atoms with Gasteiger partial charge in [0.15, 0.2) is 5.82 Å². The van der Waals surface area contributed by atoms with Crippen molar-refractivity contribution >= 4 is 11.8 Å². The van der Waals surface area contributed by atoms with Crippen LogP contribution in [0, 0.1) is 0 Å². The van der Waals surface area contributed by atoms with Crippen molar-refractivity contribution in [3.05, 3.63) is 6.20 Å². The van der Waals surface area contributed by atoms with Gasteiger partial charge in [0.2, 0.25) is 5.95 Å². The fourth-order valence-electron chi connectivity index (χ4n) is 1.66. The molecular weight excluding hydrogens is 240 g/mol. The van der Waals surface area contributed by atoms with Gasteiger partial charge >= 0.3 is 0 Å². The molecule has 0 bridgehead atoms. The van der Waals surface area contributed by atoms with Crippen LogP contribution >= 0.6 is 0 Å². The lowest BCUT2D eigenvalue weighted by atomic mass is 10.3. The van der Waals surface area contributed by atoms with Crippen LogP contribution in [0.3, 0.4) is 0 Å². The lowest BCUT2D eigenvalue weighted by Crippen LogP contribution is -2.21. The maximum atomic E-state index is 4.47. The van der Waals surface area contributed by atoms with Gasteiger partial charge in [-0.05, 0) is 33.5 Å². The van der Waals surface area contributed by atoms with Crippen molar-refractivity contribution in [2.45, 2.75) is 26.2 Å². The fourth-order valence-corrected chi connectivity index (χ4v) is 1.66. The number of hydrogen-bond donors (Lipinski definition) is 1. The Kier molecular flexibility index (Phi) is 7.10. The van der Waals surface area contributed by atoms with E-state index < -0.39 is 0 Å². The van der Waals surface area contributed by atoms with Crippen LogP contribution in [0.1, 0.15) is 26.2 Å². The standard InChI is InChI=1S/C13H26N6/c1-5-6-10-19(4)12-11-15-17-13(16-12)14-8-7-9-18(2)3/h11H,5-10H2,1-4H3,(H,14,16,17). The molecule has 0 aromatic carbocycles. The molecule has 0 aliphatic rings. The molecule has 0 unspecified atom stereocenters. The van der Waals surface area contributed by atoms with E-state index >= 15 is 0 Å². The van der Waals surface area contributed by atoms with Crippen LogP contribution < -0.4 is 10.2 Å². The lowest BCUT2D eigenvalue weighted by Gasteiger charge is -2.17. The second kappa shape index (κ2) is 8.63. The summed E-state index contributed by atoms with van der Waals surface area (Å²) in [6, 6.07) is 0. The molecule has 1 heterocycles. The monoisotopic (exact) mass is 266 g/mol. The van der Waals surface area contributed by atoms with E-state index in [0.29, 0.717) is 5.95 Å². The summed E-state index contributed by atoms with van der Waals surface area (Å²) in [6.45, 7) is 5.09. The zero-order valence-corrected chi connectivity index (χ0v) is 12.6. The van der Waals surface area contributed by atoms with E-state index in [2.05, 4.69) is 51.3 Å². The predicted molar refractivity (Wildman–Crippen MR) is 79.7 cm³/mol. The Morgan fingerprint density at radius 1 is 1.16 bits per heavy atom. The summed E-state index contributed by atoms with van der Waals surface area (Å²) in [5.41, 5.74) is 0. The van der Waals surface area contributed by atoms with Crippen molar-refractivity contribution in [1.82, 2.24) is 20.1 Å². The minimum Gasteiger partial charge on any atom is -0.358 e. The van der Waals surface area contributed by atoms with Crippen molar-refractivity contribution < 1.29 is 0 Å². The number of aromatic nitrogens is 3. The lowest BCUT2D eigenvalue weighted by molar-refractivity contribution is 0.405. The summed E-state index contributed by atoms with van der Waals surface area (Å²) in [4.78, 5) is 8.75. The zero-order valence-electron chi connectivity index (χ0n) is 12.6. The number of hydrogen-bond acceptors (Lipinski definition) is 6. The number of rotatable bonds is 9. The van der Waals surface area contributed by atoms with E-state index in [-0.39, 0.29) is 0 Å². The van der Waals surface area contributed by atoms with E-state index in [9.17, 15) is 0 Å². The van der Waals surface area contributed by atoms with Crippen LogP contribution in [0.2, 0.25) is 0 Å². The van der Waals surface area contributed by atoms with Crippen molar-refractivity contribution in [3.63, 3.8) is 0 Å². The summed E-state index contributed by atoms with van der Waals surface area (Å²) in [7, 11) is 6.18. The third kappa shape index (κ3) is 6.33. The van der Waals surface area contributed by atoms with E-state index in [1.807, 2.05) is 7.05 Å². The van der Waals surface area contributed by atoms with Gasteiger partial charge in [0.25, 0.3) is 0 Å². The van der Waals surface area contributed by atoms with E-state index in [0.717, 1.165) is 38.3 Å². The highest BCUT2D eigenvalue weighted by Gasteiger charge is 2.04. The summed E-state index contributed by atoms with van der Waals surface area (Å²) in [5, 5.41) is 11.2. The first-order chi connectivity index (χ1) is 9.13. The normalized spacial score (nSPS) is 10.8. The van der Waals surface area contributed by atoms with Crippen molar-refractivity contribution in [2.24, 2.45) is 0 Å². The SMILES string of the molecule is CCCCN(C)c1cnnc(NCCCN(C)C)n1. The van der Waals surface area contributed by atoms with Gasteiger partial charge in [-0.3, -0.25) is 0 Å². The first kappa shape index (κ1) is 15.6. The molecule has 0 radical (unpaired) electrons. The highest BCUT2D eigenvalue weighted by molar-refractivity contribution is 5.39. The van der Waals surface area contributed by atoms with Gasteiger partial charge in [0.05, 0.1) is 6.20 Å². The molecule has 0 spiro atoms. The third-order valence-electron chi connectivity index (χ3n) is 2.85. The fraction of sp³-hybridized carbons (Fsp3) is 0.769. The molecule has 108 valence electrons. The van der Waals surface area contributed by atoms with Gasteiger partial charge in [0.1, 0.15) is 0 Å². The van der Waals surface area contributed by atoms with Gasteiger partial charge in [-0.2, -0.15) is 10.1 Å². The van der Waals surface area contributed by atoms with Crippen LogP contribution in [-0.4, -0.2) is 60.9 Å². The molecule has 6 nitrogen and oxygen atoms in total. The van der Waals surface area contributed by atoms with Crippen LogP contribution in [0.5, 0.6) is 0 Å². The average Bonchev–Trinajstić information content (AvgIpc) is 2.41. The van der Waals surface area contributed by atoms with Gasteiger partial charge < -0.3 is 15.1 Å². The molecule has 19 heavy (non-hydrogen) atoms. The van der Waals surface area contributed by atoms with Crippen LogP contribution in [-0.2, 0) is 0 Å². The topological polar surface area (TPSA) is 57.2 Å². The highest BCUT2D eigenvalue weighted by Crippen LogP contribution is 2.09. The summed E-state index contributed by atoms with van der Waals surface area (Å²) in [6.07, 6.45) is 5.11. The van der Waals surface area contributed by atoms with E-state index in [1.165, 1.54) is 6.42 Å². The van der Waals surface area contributed by atoms with Gasteiger partial charge in [0, 0.05) is 20.1 Å². The minimum atomic E-state index is 0.611. The number of nitrogens with one attached hydrogen (secondary N) is 1. The van der Waals surface area contributed by atoms with E-state index in [1.54, 1.807) is 6.20 Å². The minimum absolute atomic E-state index is 0.611. The maximum absolute atomic E-state index is 4.47. The molecular formula is C13H26N6. The number of unbranched alkanes of at least 4 members (excludes halogenated alkanes) is 1. The first-order valence-electron chi connectivity index (χ1n) is 6.93. The first-order valence-corrected chi connectivity index (χ1v) is 6.93. The summed E-state index contributed by atoms with van der Waals surface area (Å²) >= 11 is 0. The molecule has 0 saturated carbocycles. The van der Waals surface area contributed by atoms with Gasteiger partial charge in [-0.1, -0.05) is 13.3 Å². The molecule has 0 aliphatic heterocycles. The Bertz CT molecular complexity index is 355. The second-order valence-electron chi connectivity index (χ2n) is 5.00. The largest absolute Gasteiger partial charge is 0.358 e. The Labute approximate surface area is 116 Å². The molecule has 6 heteroatoms. The summed E-state index contributed by atoms with van der Waals surface area (Å²) < 4.78 is 0. The number of anilines is 2. The Balaban J connectivity index is 2.43. The Morgan fingerprint density at radius 2 is 1.95 bits per heavy atom. The molecule has 0 atom stereocenters. The van der Waals surface area contributed by atoms with Crippen LogP contribution in [0.4, 0.5) is 11.8 Å². The second-order valence-corrected chi connectivity index (χ2v) is 5.00. The van der Waals surface area contributed by atoms with Crippen molar-refractivity contribution in [1.29, 1.82) is 0 Å². The molecule has 0 fully saturated rings. The Morgan fingerprint density at radius 3 is 2.63 bits per heavy atom. The van der Waals surface area contributed by atoms with Gasteiger partial charge in [-0.25, -0.2) is 0 Å². The predicted octanol–water partition coefficient (Wildman–Crippen LogP) is 1.47. The molecule has 1 rings (SSSR count).